The minimum atomic E-state index is -1.11. The van der Waals surface area contributed by atoms with Crippen LogP contribution in [0, 0.1) is 12.8 Å². The molecule has 0 bridgehead atoms. The molecule has 1 aromatic carbocycles. The summed E-state index contributed by atoms with van der Waals surface area (Å²) >= 11 is 0. The van der Waals surface area contributed by atoms with Crippen LogP contribution in [0.4, 0.5) is 4.79 Å². The normalized spacial score (nSPS) is 11.3. The van der Waals surface area contributed by atoms with Crippen LogP contribution >= 0.6 is 0 Å². The molecule has 0 aliphatic heterocycles. The minimum Gasteiger partial charge on any atom is -0.480 e. The number of aliphatic hydroxyl groups excluding tert-OH is 1. The molecule has 1 atom stereocenters. The van der Waals surface area contributed by atoms with Gasteiger partial charge in [-0.05, 0) is 45.6 Å². The highest BCUT2D eigenvalue weighted by Crippen LogP contribution is 2.20. The predicted molar refractivity (Wildman–Crippen MR) is 156 cm³/mol. The lowest BCUT2D eigenvalue weighted by Crippen LogP contribution is -2.30. The first-order valence-electron chi connectivity index (χ1n) is 13.6. The molecule has 1 unspecified atom stereocenters. The van der Waals surface area contributed by atoms with E-state index in [1.54, 1.807) is 19.9 Å². The number of benzene rings is 1. The van der Waals surface area contributed by atoms with Crippen LogP contribution in [0.25, 0.3) is 0 Å². The molecule has 220 valence electrons. The van der Waals surface area contributed by atoms with E-state index in [2.05, 4.69) is 31.0 Å². The molecular weight excluding hydrogens is 498 g/mol. The number of aliphatic carboxylic acids is 1. The summed E-state index contributed by atoms with van der Waals surface area (Å²) in [6.45, 7) is 10.6. The number of ether oxygens (including phenoxy) is 1. The van der Waals surface area contributed by atoms with Gasteiger partial charge in [0.1, 0.15) is 6.54 Å². The number of rotatable bonds is 17. The number of unbranched alkanes of at least 4 members (excludes halogenated alkanes) is 7. The first-order chi connectivity index (χ1) is 18.6. The predicted octanol–water partition coefficient (Wildman–Crippen LogP) is 6.21. The van der Waals surface area contributed by atoms with Crippen molar-refractivity contribution < 1.29 is 34.1 Å². The van der Waals surface area contributed by atoms with Gasteiger partial charge in [0.05, 0.1) is 6.61 Å². The third-order valence-electron chi connectivity index (χ3n) is 5.92. The Morgan fingerprint density at radius 1 is 0.923 bits per heavy atom. The van der Waals surface area contributed by atoms with Gasteiger partial charge in [-0.1, -0.05) is 87.4 Å². The molecule has 1 amide bonds. The van der Waals surface area contributed by atoms with E-state index in [1.807, 2.05) is 18.2 Å². The summed E-state index contributed by atoms with van der Waals surface area (Å²) in [4.78, 5) is 45.6. The fraction of sp³-hybridized carbons (Fsp3) is 0.548. The molecular formula is C31H49NO7. The van der Waals surface area contributed by atoms with Gasteiger partial charge in [0.15, 0.2) is 11.6 Å². The number of carboxylic acid groups (broad SMARTS) is 1. The number of carbonyl (C=O) groups excluding carboxylic acids is 3. The van der Waals surface area contributed by atoms with E-state index in [0.717, 1.165) is 58.5 Å². The molecule has 39 heavy (non-hydrogen) atoms. The Balaban J connectivity index is 0. The maximum Gasteiger partial charge on any atom is 0.407 e. The maximum atomic E-state index is 12.5. The molecule has 0 spiro atoms. The molecule has 1 aromatic rings. The van der Waals surface area contributed by atoms with Crippen LogP contribution in [0.1, 0.15) is 84.1 Å². The molecule has 8 heteroatoms. The highest BCUT2D eigenvalue weighted by atomic mass is 16.5. The van der Waals surface area contributed by atoms with E-state index in [4.69, 9.17) is 14.9 Å². The second-order valence-electron chi connectivity index (χ2n) is 9.16. The van der Waals surface area contributed by atoms with Gasteiger partial charge in [0.2, 0.25) is 0 Å². The quantitative estimate of drug-likeness (QED) is 0.120. The molecule has 0 heterocycles. The van der Waals surface area contributed by atoms with E-state index >= 15 is 0 Å². The Labute approximate surface area is 234 Å². The van der Waals surface area contributed by atoms with E-state index in [0.29, 0.717) is 17.6 Å². The van der Waals surface area contributed by atoms with Crippen molar-refractivity contribution in [2.24, 2.45) is 5.92 Å². The number of amides is 1. The Morgan fingerprint density at radius 2 is 1.44 bits per heavy atom. The largest absolute Gasteiger partial charge is 0.480 e. The summed E-state index contributed by atoms with van der Waals surface area (Å²) in [7, 11) is 1.00. The molecule has 0 saturated heterocycles. The number of aliphatic hydroxyl groups is 1. The minimum absolute atomic E-state index is 0.00318. The Bertz CT molecular complexity index is 878. The fourth-order valence-electron chi connectivity index (χ4n) is 3.45. The zero-order chi connectivity index (χ0) is 30.1. The van der Waals surface area contributed by atoms with Gasteiger partial charge in [-0.15, -0.1) is 6.58 Å². The van der Waals surface area contributed by atoms with Crippen LogP contribution in [0.15, 0.2) is 54.1 Å². The second-order valence-corrected chi connectivity index (χ2v) is 9.16. The number of allylic oxidation sites excluding steroid dienone is 3. The molecule has 1 rings (SSSR count). The maximum absolute atomic E-state index is 12.5. The van der Waals surface area contributed by atoms with Crippen LogP contribution in [-0.2, 0) is 19.1 Å². The summed E-state index contributed by atoms with van der Waals surface area (Å²) < 4.78 is 4.88. The summed E-state index contributed by atoms with van der Waals surface area (Å²) in [5.41, 5.74) is 2.53. The molecule has 8 nitrogen and oxygen atoms in total. The number of carboxylic acids is 1. The summed E-state index contributed by atoms with van der Waals surface area (Å²) in [6.07, 6.45) is 9.45. The summed E-state index contributed by atoms with van der Waals surface area (Å²) in [5.74, 6) is -1.44. The first-order valence-corrected chi connectivity index (χ1v) is 13.6. The van der Waals surface area contributed by atoms with Crippen LogP contribution < -0.4 is 5.32 Å². The number of ketones is 2. The van der Waals surface area contributed by atoms with Gasteiger partial charge in [0.25, 0.3) is 0 Å². The number of aryl methyl sites for hydroxylation is 1. The van der Waals surface area contributed by atoms with Crippen molar-refractivity contribution in [3.8, 4) is 0 Å². The zero-order valence-corrected chi connectivity index (χ0v) is 24.5. The molecule has 0 aliphatic carbocycles. The molecule has 0 saturated carbocycles. The number of nitrogens with one attached hydrogen (secondary N) is 1. The molecule has 0 fully saturated rings. The summed E-state index contributed by atoms with van der Waals surface area (Å²) in [6, 6.07) is 10.3. The number of hydrogen-bond acceptors (Lipinski definition) is 6. The highest BCUT2D eigenvalue weighted by Gasteiger charge is 2.18. The van der Waals surface area contributed by atoms with Crippen LogP contribution in [0.5, 0.6) is 0 Å². The van der Waals surface area contributed by atoms with Crippen molar-refractivity contribution in [3.63, 3.8) is 0 Å². The Kier molecular flexibility index (Phi) is 24.3. The Morgan fingerprint density at radius 3 is 1.87 bits per heavy atom. The Hall–Kier alpha value is -3.26. The number of carbonyl (C=O) groups is 4. The molecule has 3 N–H and O–H groups in total. The van der Waals surface area contributed by atoms with Gasteiger partial charge in [0, 0.05) is 18.6 Å². The van der Waals surface area contributed by atoms with E-state index in [9.17, 15) is 19.2 Å². The van der Waals surface area contributed by atoms with Crippen molar-refractivity contribution in [3.05, 3.63) is 59.7 Å². The van der Waals surface area contributed by atoms with E-state index in [-0.39, 0.29) is 24.1 Å². The van der Waals surface area contributed by atoms with Crippen LogP contribution in [0.3, 0.4) is 0 Å². The SMILES string of the molecule is C=CC(C)C(=O)/C(CCCCCCCCCCOC(=O)NCC(=O)O)=C(/C)C(C)=O.CO.Cc1ccccc1. The monoisotopic (exact) mass is 547 g/mol. The van der Waals surface area contributed by atoms with Gasteiger partial charge in [-0.3, -0.25) is 14.4 Å². The lowest BCUT2D eigenvalue weighted by molar-refractivity contribution is -0.135. The smallest absolute Gasteiger partial charge is 0.407 e. The third-order valence-corrected chi connectivity index (χ3v) is 5.92. The number of Topliss-reactive ketones (excluding diaryl/α,β-unsaturated/α-hetero) is 2. The van der Waals surface area contributed by atoms with Crippen molar-refractivity contribution in [1.82, 2.24) is 5.32 Å². The lowest BCUT2D eigenvalue weighted by Gasteiger charge is -2.13. The van der Waals surface area contributed by atoms with Crippen LogP contribution in [0.2, 0.25) is 0 Å². The van der Waals surface area contributed by atoms with Crippen molar-refractivity contribution >= 4 is 23.6 Å². The molecule has 0 aromatic heterocycles. The van der Waals surface area contributed by atoms with Crippen molar-refractivity contribution in [1.29, 1.82) is 0 Å². The van der Waals surface area contributed by atoms with E-state index in [1.165, 1.54) is 12.5 Å². The second kappa shape index (κ2) is 25.0. The highest BCUT2D eigenvalue weighted by molar-refractivity contribution is 6.06. The topological polar surface area (TPSA) is 130 Å². The third kappa shape index (κ3) is 21.4. The average molecular weight is 548 g/mol. The molecule has 0 radical (unpaired) electrons. The van der Waals surface area contributed by atoms with Gasteiger partial charge < -0.3 is 20.3 Å². The molecule has 0 aliphatic rings. The van der Waals surface area contributed by atoms with Gasteiger partial charge in [-0.2, -0.15) is 0 Å². The van der Waals surface area contributed by atoms with E-state index < -0.39 is 18.6 Å². The zero-order valence-electron chi connectivity index (χ0n) is 24.5. The van der Waals surface area contributed by atoms with Crippen LogP contribution in [-0.4, -0.2) is 54.1 Å². The standard InChI is InChI=1S/C23H37NO6.C7H8.CH4O/c1-5-17(2)22(28)20(18(3)19(4)25)14-12-10-8-6-7-9-11-13-15-30-23(29)24-16-21(26)27;1-7-5-3-2-4-6-7;1-2/h5,17H,1,6-16H2,2-4H3,(H,24,29)(H,26,27);2-6H,1H3;2H,1H3/b20-18-;;. The first kappa shape index (κ1) is 37.9. The average Bonchev–Trinajstić information content (AvgIpc) is 2.93. The fourth-order valence-corrected chi connectivity index (χ4v) is 3.45. The van der Waals surface area contributed by atoms with Crippen molar-refractivity contribution in [2.75, 3.05) is 20.3 Å². The van der Waals surface area contributed by atoms with Gasteiger partial charge in [-0.25, -0.2) is 4.79 Å². The van der Waals surface area contributed by atoms with Crippen molar-refractivity contribution in [2.45, 2.75) is 85.5 Å². The summed E-state index contributed by atoms with van der Waals surface area (Å²) in [5, 5.41) is 17.6. The number of alkyl carbamates (subject to hydrolysis) is 1. The number of hydrogen-bond donors (Lipinski definition) is 3. The lowest BCUT2D eigenvalue weighted by atomic mass is 9.90. The van der Waals surface area contributed by atoms with Gasteiger partial charge >= 0.3 is 12.1 Å².